The van der Waals surface area contributed by atoms with E-state index >= 15 is 0 Å². The van der Waals surface area contributed by atoms with Gasteiger partial charge in [-0.3, -0.25) is 4.79 Å². The average Bonchev–Trinajstić information content (AvgIpc) is 2.61. The van der Waals surface area contributed by atoms with Crippen molar-refractivity contribution in [3.8, 4) is 6.07 Å². The van der Waals surface area contributed by atoms with Crippen molar-refractivity contribution in [2.24, 2.45) is 0 Å². The Morgan fingerprint density at radius 2 is 1.96 bits per heavy atom. The van der Waals surface area contributed by atoms with Gasteiger partial charge in [0.1, 0.15) is 0 Å². The van der Waals surface area contributed by atoms with Gasteiger partial charge in [0.2, 0.25) is 0 Å². The van der Waals surface area contributed by atoms with E-state index in [4.69, 9.17) is 10.4 Å². The Morgan fingerprint density at radius 3 is 2.58 bits per heavy atom. The summed E-state index contributed by atoms with van der Waals surface area (Å²) in [4.78, 5) is 12.1. The topological polar surface area (TPSA) is 85.2 Å². The van der Waals surface area contributed by atoms with E-state index in [1.54, 1.807) is 18.2 Å². The molecule has 1 atom stereocenters. The molecule has 2 rings (SSSR count). The molecule has 2 aromatic carbocycles. The van der Waals surface area contributed by atoms with E-state index in [0.29, 0.717) is 11.1 Å². The number of anilines is 1. The summed E-state index contributed by atoms with van der Waals surface area (Å²) in [5, 5.41) is 23.8. The Balaban J connectivity index is 2.17. The zero-order valence-corrected chi connectivity index (χ0v) is 13.8. The number of aliphatic hydroxyl groups is 1. The molecule has 0 radical (unpaired) electrons. The van der Waals surface area contributed by atoms with Crippen molar-refractivity contribution in [3.63, 3.8) is 0 Å². The molecule has 0 aliphatic carbocycles. The quantitative estimate of drug-likeness (QED) is 0.763. The zero-order valence-electron chi connectivity index (χ0n) is 13.8. The van der Waals surface area contributed by atoms with Crippen LogP contribution in [0, 0.1) is 18.3 Å². The highest BCUT2D eigenvalue weighted by molar-refractivity contribution is 5.97. The number of carbonyl (C=O) groups excluding carboxylic acids is 1. The Bertz CT molecular complexity index is 748. The second-order valence-electron chi connectivity index (χ2n) is 5.56. The van der Waals surface area contributed by atoms with Gasteiger partial charge in [-0.2, -0.15) is 5.26 Å². The van der Waals surface area contributed by atoms with Crippen LogP contribution in [0.5, 0.6) is 0 Å². The maximum absolute atomic E-state index is 12.1. The molecule has 5 heteroatoms. The summed E-state index contributed by atoms with van der Waals surface area (Å²) < 4.78 is 0. The van der Waals surface area contributed by atoms with Crippen molar-refractivity contribution in [1.29, 1.82) is 5.26 Å². The fourth-order valence-electron chi connectivity index (χ4n) is 2.47. The Hall–Kier alpha value is -2.84. The summed E-state index contributed by atoms with van der Waals surface area (Å²) in [6.45, 7) is 4.07. The summed E-state index contributed by atoms with van der Waals surface area (Å²) in [7, 11) is 0. The Kier molecular flexibility index (Phi) is 5.94. The number of nitrogens with one attached hydrogen (secondary N) is 2. The molecule has 1 amide bonds. The third-order valence-corrected chi connectivity index (χ3v) is 3.89. The van der Waals surface area contributed by atoms with E-state index in [-0.39, 0.29) is 25.1 Å². The van der Waals surface area contributed by atoms with Crippen LogP contribution >= 0.6 is 0 Å². The molecular weight excluding hydrogens is 302 g/mol. The van der Waals surface area contributed by atoms with Crippen LogP contribution in [0.1, 0.15) is 40.0 Å². The minimum atomic E-state index is -0.198. The standard InChI is InChI=1S/C19H21N3O2/c1-13-17(19(24)21-10-11-23)4-3-5-18(13)22-14(2)16-8-6-15(12-20)7-9-16/h3-9,14,22-23H,10-11H2,1-2H3,(H,21,24). The number of hydrogen-bond donors (Lipinski definition) is 3. The van der Waals surface area contributed by atoms with E-state index in [9.17, 15) is 4.79 Å². The highest BCUT2D eigenvalue weighted by atomic mass is 16.3. The van der Waals surface area contributed by atoms with Gasteiger partial charge < -0.3 is 15.7 Å². The first-order valence-electron chi connectivity index (χ1n) is 7.82. The maximum Gasteiger partial charge on any atom is 0.251 e. The number of nitrogens with zero attached hydrogens (tertiary/aromatic N) is 1. The summed E-state index contributed by atoms with van der Waals surface area (Å²) in [6, 6.07) is 15.1. The third-order valence-electron chi connectivity index (χ3n) is 3.89. The van der Waals surface area contributed by atoms with Gasteiger partial charge in [0.25, 0.3) is 5.91 Å². The molecule has 0 heterocycles. The number of amides is 1. The zero-order chi connectivity index (χ0) is 17.5. The molecule has 3 N–H and O–H groups in total. The van der Waals surface area contributed by atoms with Gasteiger partial charge in [-0.15, -0.1) is 0 Å². The second-order valence-corrected chi connectivity index (χ2v) is 5.56. The van der Waals surface area contributed by atoms with Gasteiger partial charge in [-0.25, -0.2) is 0 Å². The minimum Gasteiger partial charge on any atom is -0.395 e. The van der Waals surface area contributed by atoms with Crippen LogP contribution in [0.4, 0.5) is 5.69 Å². The summed E-state index contributed by atoms with van der Waals surface area (Å²) in [6.07, 6.45) is 0. The second kappa shape index (κ2) is 8.14. The largest absolute Gasteiger partial charge is 0.395 e. The maximum atomic E-state index is 12.1. The Morgan fingerprint density at radius 1 is 1.25 bits per heavy atom. The monoisotopic (exact) mass is 323 g/mol. The molecule has 0 saturated heterocycles. The van der Waals surface area contributed by atoms with Crippen molar-refractivity contribution in [1.82, 2.24) is 5.32 Å². The summed E-state index contributed by atoms with van der Waals surface area (Å²) in [5.41, 5.74) is 4.01. The molecule has 5 nitrogen and oxygen atoms in total. The first kappa shape index (κ1) is 17.5. The summed E-state index contributed by atoms with van der Waals surface area (Å²) >= 11 is 0. The van der Waals surface area contributed by atoms with Crippen molar-refractivity contribution < 1.29 is 9.90 Å². The molecule has 0 bridgehead atoms. The van der Waals surface area contributed by atoms with Crippen molar-refractivity contribution in [2.45, 2.75) is 19.9 Å². The van der Waals surface area contributed by atoms with E-state index < -0.39 is 0 Å². The lowest BCUT2D eigenvalue weighted by atomic mass is 10.0. The van der Waals surface area contributed by atoms with Gasteiger partial charge in [0.15, 0.2) is 0 Å². The van der Waals surface area contributed by atoms with Crippen LogP contribution < -0.4 is 10.6 Å². The van der Waals surface area contributed by atoms with Crippen molar-refractivity contribution in [3.05, 3.63) is 64.7 Å². The van der Waals surface area contributed by atoms with Gasteiger partial charge in [0.05, 0.1) is 18.2 Å². The van der Waals surface area contributed by atoms with Crippen molar-refractivity contribution >= 4 is 11.6 Å². The molecule has 0 saturated carbocycles. The fourth-order valence-corrected chi connectivity index (χ4v) is 2.47. The summed E-state index contributed by atoms with van der Waals surface area (Å²) in [5.74, 6) is -0.198. The van der Waals surface area contributed by atoms with E-state index in [2.05, 4.69) is 16.7 Å². The van der Waals surface area contributed by atoms with Gasteiger partial charge in [0, 0.05) is 23.8 Å². The van der Waals surface area contributed by atoms with Crippen LogP contribution in [0.25, 0.3) is 0 Å². The highest BCUT2D eigenvalue weighted by Gasteiger charge is 2.13. The minimum absolute atomic E-state index is 0.0344. The lowest BCUT2D eigenvalue weighted by molar-refractivity contribution is 0.0944. The number of rotatable bonds is 6. The van der Waals surface area contributed by atoms with Crippen LogP contribution in [-0.4, -0.2) is 24.2 Å². The molecular formula is C19H21N3O2. The molecule has 0 aromatic heterocycles. The first-order valence-corrected chi connectivity index (χ1v) is 7.82. The number of hydrogen-bond acceptors (Lipinski definition) is 4. The predicted octanol–water partition coefficient (Wildman–Crippen LogP) is 2.76. The molecule has 124 valence electrons. The van der Waals surface area contributed by atoms with Crippen LogP contribution in [0.2, 0.25) is 0 Å². The predicted molar refractivity (Wildman–Crippen MR) is 93.8 cm³/mol. The third kappa shape index (κ3) is 4.12. The number of aliphatic hydroxyl groups excluding tert-OH is 1. The number of benzene rings is 2. The van der Waals surface area contributed by atoms with Gasteiger partial charge in [-0.1, -0.05) is 18.2 Å². The van der Waals surface area contributed by atoms with Crippen LogP contribution in [0.15, 0.2) is 42.5 Å². The Labute approximate surface area is 141 Å². The lowest BCUT2D eigenvalue weighted by Crippen LogP contribution is -2.27. The molecule has 0 spiro atoms. The fraction of sp³-hybridized carbons (Fsp3) is 0.263. The van der Waals surface area contributed by atoms with Crippen molar-refractivity contribution in [2.75, 3.05) is 18.5 Å². The van der Waals surface area contributed by atoms with E-state index in [0.717, 1.165) is 16.8 Å². The van der Waals surface area contributed by atoms with Crippen LogP contribution in [0.3, 0.4) is 0 Å². The van der Waals surface area contributed by atoms with E-state index in [1.165, 1.54) is 0 Å². The number of carbonyl (C=O) groups is 1. The molecule has 0 aliphatic rings. The molecule has 24 heavy (non-hydrogen) atoms. The smallest absolute Gasteiger partial charge is 0.251 e. The lowest BCUT2D eigenvalue weighted by Gasteiger charge is -2.19. The van der Waals surface area contributed by atoms with Gasteiger partial charge in [-0.05, 0) is 49.2 Å². The van der Waals surface area contributed by atoms with Gasteiger partial charge >= 0.3 is 0 Å². The normalized spacial score (nSPS) is 11.4. The SMILES string of the molecule is Cc1c(NC(C)c2ccc(C#N)cc2)cccc1C(=O)NCCO. The molecule has 0 aliphatic heterocycles. The molecule has 1 unspecified atom stereocenters. The molecule has 0 fully saturated rings. The molecule has 2 aromatic rings. The highest BCUT2D eigenvalue weighted by Crippen LogP contribution is 2.24. The van der Waals surface area contributed by atoms with Crippen LogP contribution in [-0.2, 0) is 0 Å². The number of nitriles is 1. The van der Waals surface area contributed by atoms with E-state index in [1.807, 2.05) is 38.1 Å². The first-order chi connectivity index (χ1) is 11.6. The average molecular weight is 323 g/mol.